The second-order valence-corrected chi connectivity index (χ2v) is 7.29. The van der Waals surface area contributed by atoms with Crippen LogP contribution in [-0.4, -0.2) is 33.4 Å². The van der Waals surface area contributed by atoms with E-state index in [1.165, 1.54) is 18.2 Å². The molecule has 0 saturated heterocycles. The fourth-order valence-corrected chi connectivity index (χ4v) is 3.25. The van der Waals surface area contributed by atoms with E-state index in [0.717, 1.165) is 6.07 Å². The van der Waals surface area contributed by atoms with E-state index in [0.29, 0.717) is 10.6 Å². The Labute approximate surface area is 162 Å². The second-order valence-electron chi connectivity index (χ2n) is 5.18. The summed E-state index contributed by atoms with van der Waals surface area (Å²) in [5.41, 5.74) is -0.102. The molecule has 2 aromatic carbocycles. The molecule has 0 spiro atoms. The molecule has 0 aliphatic heterocycles. The summed E-state index contributed by atoms with van der Waals surface area (Å²) in [7, 11) is -1.36. The zero-order chi connectivity index (χ0) is 20.0. The number of hydrogen-bond acceptors (Lipinski definition) is 6. The minimum Gasteiger partial charge on any atom is -0.452 e. The van der Waals surface area contributed by atoms with E-state index in [4.69, 9.17) is 16.3 Å². The van der Waals surface area contributed by atoms with E-state index < -0.39 is 34.2 Å². The van der Waals surface area contributed by atoms with Crippen LogP contribution >= 0.6 is 11.6 Å². The molecule has 0 bridgehead atoms. The highest BCUT2D eigenvalue weighted by Crippen LogP contribution is 2.27. The summed E-state index contributed by atoms with van der Waals surface area (Å²) in [6, 6.07) is 10.0. The first kappa shape index (κ1) is 20.5. The van der Waals surface area contributed by atoms with Crippen molar-refractivity contribution in [3.8, 4) is 0 Å². The van der Waals surface area contributed by atoms with E-state index in [-0.39, 0.29) is 22.0 Å². The number of carbonyl (C=O) groups is 2. The minimum absolute atomic E-state index is 0.0649. The topological polar surface area (TPSA) is 116 Å². The summed E-state index contributed by atoms with van der Waals surface area (Å²) in [5.74, 6) is -1.14. The fourth-order valence-electron chi connectivity index (χ4n) is 2.13. The monoisotopic (exact) mass is 410 g/mol. The average Bonchev–Trinajstić information content (AvgIpc) is 2.66. The van der Waals surface area contributed by atoms with Crippen molar-refractivity contribution in [1.29, 1.82) is 0 Å². The maximum absolute atomic E-state index is 12.2. The zero-order valence-electron chi connectivity index (χ0n) is 14.1. The van der Waals surface area contributed by atoms with Crippen LogP contribution in [0.2, 0.25) is 5.02 Å². The summed E-state index contributed by atoms with van der Waals surface area (Å²) in [6.07, 6.45) is 0. The molecule has 2 aromatic rings. The molecule has 8 nitrogen and oxygen atoms in total. The molecule has 1 atom stereocenters. The van der Waals surface area contributed by atoms with Crippen LogP contribution in [0.25, 0.3) is 0 Å². The summed E-state index contributed by atoms with van der Waals surface area (Å²) < 4.78 is 16.9. The molecule has 0 radical (unpaired) electrons. The predicted octanol–water partition coefficient (Wildman–Crippen LogP) is 3.17. The molecule has 142 valence electrons. The van der Waals surface area contributed by atoms with E-state index in [2.05, 4.69) is 5.32 Å². The van der Waals surface area contributed by atoms with Crippen molar-refractivity contribution in [2.75, 3.05) is 17.7 Å². The number of amides is 1. The number of nitrogens with one attached hydrogen (secondary N) is 1. The molecule has 0 aromatic heterocycles. The van der Waals surface area contributed by atoms with Gasteiger partial charge in [0.15, 0.2) is 6.61 Å². The number of nitro groups is 1. The summed E-state index contributed by atoms with van der Waals surface area (Å²) in [6.45, 7) is 1.11. The quantitative estimate of drug-likeness (QED) is 0.425. The number of nitro benzene ring substituents is 1. The van der Waals surface area contributed by atoms with Gasteiger partial charge >= 0.3 is 5.97 Å². The van der Waals surface area contributed by atoms with Gasteiger partial charge in [0.2, 0.25) is 0 Å². The Morgan fingerprint density at radius 2 is 1.96 bits per heavy atom. The third-order valence-corrected chi connectivity index (χ3v) is 5.07. The van der Waals surface area contributed by atoms with E-state index in [9.17, 15) is 23.9 Å². The lowest BCUT2D eigenvalue weighted by Gasteiger charge is -2.09. The highest BCUT2D eigenvalue weighted by Gasteiger charge is 2.18. The highest BCUT2D eigenvalue weighted by atomic mass is 35.5. The Balaban J connectivity index is 2.02. The van der Waals surface area contributed by atoms with Gasteiger partial charge in [0.1, 0.15) is 5.02 Å². The lowest BCUT2D eigenvalue weighted by molar-refractivity contribution is -0.384. The third-order valence-electron chi connectivity index (χ3n) is 3.38. The molecule has 0 aliphatic rings. The molecule has 0 fully saturated rings. The van der Waals surface area contributed by atoms with Crippen molar-refractivity contribution in [3.63, 3.8) is 0 Å². The lowest BCUT2D eigenvalue weighted by atomic mass is 10.2. The van der Waals surface area contributed by atoms with Gasteiger partial charge < -0.3 is 10.1 Å². The molecule has 0 aliphatic carbocycles. The highest BCUT2D eigenvalue weighted by molar-refractivity contribution is 7.85. The predicted molar refractivity (Wildman–Crippen MR) is 100 cm³/mol. The van der Waals surface area contributed by atoms with Gasteiger partial charge in [0.25, 0.3) is 11.6 Å². The smallest absolute Gasteiger partial charge is 0.339 e. The van der Waals surface area contributed by atoms with Crippen molar-refractivity contribution in [3.05, 3.63) is 63.2 Å². The minimum atomic E-state index is -1.36. The van der Waals surface area contributed by atoms with Crippen LogP contribution in [0.3, 0.4) is 0 Å². The Morgan fingerprint density at radius 1 is 1.26 bits per heavy atom. The normalized spacial score (nSPS) is 11.5. The first-order chi connectivity index (χ1) is 12.8. The van der Waals surface area contributed by atoms with Crippen molar-refractivity contribution in [1.82, 2.24) is 0 Å². The third kappa shape index (κ3) is 5.35. The summed E-state index contributed by atoms with van der Waals surface area (Å²) in [5, 5.41) is 13.2. The number of anilines is 1. The average molecular weight is 411 g/mol. The van der Waals surface area contributed by atoms with Gasteiger partial charge in [-0.1, -0.05) is 30.7 Å². The fraction of sp³-hybridized carbons (Fsp3) is 0.176. The number of benzene rings is 2. The molecule has 2 rings (SSSR count). The number of halogens is 1. The van der Waals surface area contributed by atoms with Crippen LogP contribution in [0.15, 0.2) is 47.4 Å². The van der Waals surface area contributed by atoms with E-state index in [1.807, 2.05) is 0 Å². The summed E-state index contributed by atoms with van der Waals surface area (Å²) >= 11 is 5.70. The van der Waals surface area contributed by atoms with Crippen LogP contribution in [0.5, 0.6) is 0 Å². The van der Waals surface area contributed by atoms with Crippen LogP contribution in [0.4, 0.5) is 11.4 Å². The number of carbonyl (C=O) groups excluding carboxylic acids is 2. The summed E-state index contributed by atoms with van der Waals surface area (Å²) in [4.78, 5) is 34.6. The molecule has 0 saturated carbocycles. The molecular formula is C17H15ClN2O6S. The van der Waals surface area contributed by atoms with Crippen molar-refractivity contribution >= 4 is 45.7 Å². The number of esters is 1. The van der Waals surface area contributed by atoms with Gasteiger partial charge in [-0.05, 0) is 24.3 Å². The molecular weight excluding hydrogens is 396 g/mol. The second kappa shape index (κ2) is 9.24. The molecule has 27 heavy (non-hydrogen) atoms. The van der Waals surface area contributed by atoms with Crippen molar-refractivity contribution in [2.24, 2.45) is 0 Å². The molecule has 1 unspecified atom stereocenters. The van der Waals surface area contributed by atoms with Gasteiger partial charge in [-0.3, -0.25) is 19.1 Å². The first-order valence-corrected chi connectivity index (χ1v) is 9.41. The van der Waals surface area contributed by atoms with Gasteiger partial charge in [0, 0.05) is 17.5 Å². The van der Waals surface area contributed by atoms with Crippen LogP contribution in [0.1, 0.15) is 17.3 Å². The van der Waals surface area contributed by atoms with Crippen LogP contribution in [0, 0.1) is 10.1 Å². The van der Waals surface area contributed by atoms with E-state index in [1.54, 1.807) is 25.1 Å². The Morgan fingerprint density at radius 3 is 2.63 bits per heavy atom. The standard InChI is InChI=1S/C17H15ClN2O6S/c1-2-27(25)15-6-4-3-5-12(15)17(22)26-10-16(21)19-11-7-8-13(18)14(9-11)20(23)24/h3-9H,2,10H2,1H3,(H,19,21). The Bertz CT molecular complexity index is 918. The molecule has 1 amide bonds. The van der Waals surface area contributed by atoms with Crippen LogP contribution < -0.4 is 5.32 Å². The van der Waals surface area contributed by atoms with Gasteiger partial charge in [-0.25, -0.2) is 4.79 Å². The molecule has 1 N–H and O–H groups in total. The van der Waals surface area contributed by atoms with E-state index >= 15 is 0 Å². The van der Waals surface area contributed by atoms with Gasteiger partial charge in [0.05, 0.1) is 26.2 Å². The van der Waals surface area contributed by atoms with Gasteiger partial charge in [-0.15, -0.1) is 0 Å². The number of rotatable bonds is 7. The molecule has 10 heteroatoms. The van der Waals surface area contributed by atoms with Gasteiger partial charge in [-0.2, -0.15) is 0 Å². The molecule has 0 heterocycles. The van der Waals surface area contributed by atoms with Crippen molar-refractivity contribution in [2.45, 2.75) is 11.8 Å². The number of nitrogens with zero attached hydrogens (tertiary/aromatic N) is 1. The SMILES string of the molecule is CCS(=O)c1ccccc1C(=O)OCC(=O)Nc1ccc(Cl)c([N+](=O)[O-])c1. The first-order valence-electron chi connectivity index (χ1n) is 7.71. The van der Waals surface area contributed by atoms with Crippen molar-refractivity contribution < 1.29 is 23.5 Å². The maximum atomic E-state index is 12.2. The Kier molecular flexibility index (Phi) is 7.03. The Hall–Kier alpha value is -2.78. The maximum Gasteiger partial charge on any atom is 0.339 e. The number of hydrogen-bond donors (Lipinski definition) is 1. The zero-order valence-corrected chi connectivity index (χ0v) is 15.7. The largest absolute Gasteiger partial charge is 0.452 e. The number of ether oxygens (including phenoxy) is 1. The van der Waals surface area contributed by atoms with Crippen LogP contribution in [-0.2, 0) is 20.3 Å². The lowest BCUT2D eigenvalue weighted by Crippen LogP contribution is -2.21.